The summed E-state index contributed by atoms with van der Waals surface area (Å²) in [5.74, 6) is -0.315. The zero-order valence-electron chi connectivity index (χ0n) is 9.75. The van der Waals surface area contributed by atoms with E-state index in [1.54, 1.807) is 17.4 Å². The van der Waals surface area contributed by atoms with Gasteiger partial charge in [0.1, 0.15) is 0 Å². The Labute approximate surface area is 118 Å². The van der Waals surface area contributed by atoms with Gasteiger partial charge in [-0.3, -0.25) is 14.9 Å². The number of carbonyl (C=O) groups is 2. The van der Waals surface area contributed by atoms with Crippen molar-refractivity contribution in [2.24, 2.45) is 0 Å². The van der Waals surface area contributed by atoms with Crippen LogP contribution in [0.1, 0.15) is 4.88 Å². The summed E-state index contributed by atoms with van der Waals surface area (Å²) in [7, 11) is 0. The van der Waals surface area contributed by atoms with Crippen molar-refractivity contribution in [2.75, 3.05) is 0 Å². The van der Waals surface area contributed by atoms with E-state index >= 15 is 0 Å². The standard InChI is InChI=1S/C14H9NO2S2/c16-13-12(19-14(17)15-13)7-11-6-10(8-18-11)9-4-2-1-3-5-9/h1-8H,(H,15,16,17)/b12-7-. The molecule has 1 aliphatic rings. The minimum Gasteiger partial charge on any atom is -0.282 e. The van der Waals surface area contributed by atoms with E-state index in [-0.39, 0.29) is 11.1 Å². The lowest BCUT2D eigenvalue weighted by atomic mass is 10.1. The van der Waals surface area contributed by atoms with Gasteiger partial charge in [0.2, 0.25) is 0 Å². The molecule has 0 spiro atoms. The van der Waals surface area contributed by atoms with Crippen LogP contribution >= 0.6 is 23.1 Å². The molecule has 0 atom stereocenters. The van der Waals surface area contributed by atoms with E-state index in [4.69, 9.17) is 0 Å². The van der Waals surface area contributed by atoms with Gasteiger partial charge in [0.15, 0.2) is 0 Å². The van der Waals surface area contributed by atoms with Crippen LogP contribution in [0, 0.1) is 0 Å². The Balaban J connectivity index is 1.89. The number of rotatable bonds is 2. The summed E-state index contributed by atoms with van der Waals surface area (Å²) in [5, 5.41) is 3.98. The number of amides is 2. The molecule has 3 nitrogen and oxygen atoms in total. The van der Waals surface area contributed by atoms with Gasteiger partial charge in [-0.1, -0.05) is 30.3 Å². The highest BCUT2D eigenvalue weighted by Crippen LogP contribution is 2.30. The van der Waals surface area contributed by atoms with Gasteiger partial charge in [0.05, 0.1) is 4.91 Å². The first kappa shape index (κ1) is 12.2. The van der Waals surface area contributed by atoms with Crippen molar-refractivity contribution in [1.82, 2.24) is 5.32 Å². The smallest absolute Gasteiger partial charge is 0.282 e. The molecule has 0 saturated carbocycles. The van der Waals surface area contributed by atoms with Crippen LogP contribution in [0.2, 0.25) is 0 Å². The highest BCUT2D eigenvalue weighted by molar-refractivity contribution is 8.18. The molecule has 0 unspecified atom stereocenters. The van der Waals surface area contributed by atoms with Crippen molar-refractivity contribution >= 4 is 40.3 Å². The fourth-order valence-corrected chi connectivity index (χ4v) is 3.36. The predicted octanol–water partition coefficient (Wildman–Crippen LogP) is 3.74. The maximum Gasteiger partial charge on any atom is 0.290 e. The van der Waals surface area contributed by atoms with Crippen LogP contribution in [0.4, 0.5) is 4.79 Å². The highest BCUT2D eigenvalue weighted by Gasteiger charge is 2.25. The fraction of sp³-hybridized carbons (Fsp3) is 0. The molecule has 0 bridgehead atoms. The number of carbonyl (C=O) groups excluding carboxylic acids is 2. The lowest BCUT2D eigenvalue weighted by Crippen LogP contribution is -2.17. The number of hydrogen-bond acceptors (Lipinski definition) is 4. The van der Waals surface area contributed by atoms with Crippen molar-refractivity contribution in [3.05, 3.63) is 51.6 Å². The Kier molecular flexibility index (Phi) is 3.23. The quantitative estimate of drug-likeness (QED) is 0.856. The average Bonchev–Trinajstić information content (AvgIpc) is 2.99. The van der Waals surface area contributed by atoms with Gasteiger partial charge in [-0.2, -0.15) is 0 Å². The molecule has 0 aliphatic carbocycles. The molecule has 19 heavy (non-hydrogen) atoms. The molecule has 1 saturated heterocycles. The van der Waals surface area contributed by atoms with E-state index in [0.29, 0.717) is 4.91 Å². The van der Waals surface area contributed by atoms with Gasteiger partial charge in [-0.05, 0) is 40.4 Å². The summed E-state index contributed by atoms with van der Waals surface area (Å²) >= 11 is 2.50. The molecule has 3 rings (SSSR count). The summed E-state index contributed by atoms with van der Waals surface area (Å²) in [5.41, 5.74) is 2.26. The van der Waals surface area contributed by atoms with Crippen molar-refractivity contribution in [3.8, 4) is 11.1 Å². The molecule has 1 aromatic carbocycles. The van der Waals surface area contributed by atoms with Gasteiger partial charge in [-0.25, -0.2) is 0 Å². The molecule has 1 aromatic heterocycles. The zero-order chi connectivity index (χ0) is 13.2. The topological polar surface area (TPSA) is 46.2 Å². The first-order valence-electron chi connectivity index (χ1n) is 5.61. The van der Waals surface area contributed by atoms with E-state index in [0.717, 1.165) is 27.8 Å². The molecule has 1 N–H and O–H groups in total. The summed E-state index contributed by atoms with van der Waals surface area (Å²) in [6, 6.07) is 12.1. The minimum absolute atomic E-state index is 0.309. The molecular weight excluding hydrogens is 278 g/mol. The Bertz CT molecular complexity index is 674. The maximum atomic E-state index is 11.4. The molecule has 1 fully saturated rings. The molecule has 2 amide bonds. The van der Waals surface area contributed by atoms with Crippen LogP contribution in [-0.4, -0.2) is 11.1 Å². The van der Waals surface area contributed by atoms with E-state index in [9.17, 15) is 9.59 Å². The summed E-state index contributed by atoms with van der Waals surface area (Å²) < 4.78 is 0. The van der Waals surface area contributed by atoms with Crippen molar-refractivity contribution in [3.63, 3.8) is 0 Å². The second kappa shape index (κ2) is 5.03. The molecule has 2 heterocycles. The van der Waals surface area contributed by atoms with Crippen LogP contribution in [0.5, 0.6) is 0 Å². The van der Waals surface area contributed by atoms with Crippen molar-refractivity contribution in [1.29, 1.82) is 0 Å². The lowest BCUT2D eigenvalue weighted by Gasteiger charge is -1.94. The number of thiophene rings is 1. The Morgan fingerprint density at radius 3 is 2.53 bits per heavy atom. The number of benzene rings is 1. The zero-order valence-corrected chi connectivity index (χ0v) is 11.4. The van der Waals surface area contributed by atoms with Crippen LogP contribution < -0.4 is 5.32 Å². The molecule has 94 valence electrons. The van der Waals surface area contributed by atoms with Crippen molar-refractivity contribution in [2.45, 2.75) is 0 Å². The Morgan fingerprint density at radius 2 is 1.84 bits per heavy atom. The summed E-state index contributed by atoms with van der Waals surface area (Å²) in [6.45, 7) is 0. The summed E-state index contributed by atoms with van der Waals surface area (Å²) in [6.07, 6.45) is 1.75. The predicted molar refractivity (Wildman–Crippen MR) is 78.9 cm³/mol. The molecule has 0 radical (unpaired) electrons. The van der Waals surface area contributed by atoms with Gasteiger partial charge in [0, 0.05) is 4.88 Å². The molecule has 2 aromatic rings. The lowest BCUT2D eigenvalue weighted by molar-refractivity contribution is -0.115. The van der Waals surface area contributed by atoms with E-state index in [2.05, 4.69) is 5.32 Å². The van der Waals surface area contributed by atoms with Crippen molar-refractivity contribution < 1.29 is 9.59 Å². The molecular formula is C14H9NO2S2. The van der Waals surface area contributed by atoms with Crippen LogP contribution in [-0.2, 0) is 4.79 Å². The number of nitrogens with one attached hydrogen (secondary N) is 1. The van der Waals surface area contributed by atoms with Crippen LogP contribution in [0.25, 0.3) is 17.2 Å². The highest BCUT2D eigenvalue weighted by atomic mass is 32.2. The number of hydrogen-bond donors (Lipinski definition) is 1. The van der Waals surface area contributed by atoms with Crippen LogP contribution in [0.15, 0.2) is 46.7 Å². The van der Waals surface area contributed by atoms with Gasteiger partial charge >= 0.3 is 0 Å². The third-order valence-corrected chi connectivity index (χ3v) is 4.33. The normalized spacial score (nSPS) is 16.9. The third kappa shape index (κ3) is 2.62. The second-order valence-electron chi connectivity index (χ2n) is 3.96. The third-order valence-electron chi connectivity index (χ3n) is 2.64. The maximum absolute atomic E-state index is 11.4. The van der Waals surface area contributed by atoms with Crippen LogP contribution in [0.3, 0.4) is 0 Å². The SMILES string of the molecule is O=C1NC(=O)/C(=C/c2cc(-c3ccccc3)cs2)S1. The van der Waals surface area contributed by atoms with E-state index < -0.39 is 0 Å². The Morgan fingerprint density at radius 1 is 1.05 bits per heavy atom. The Hall–Kier alpha value is -1.85. The monoisotopic (exact) mass is 287 g/mol. The number of thioether (sulfide) groups is 1. The molecule has 1 aliphatic heterocycles. The molecule has 5 heteroatoms. The van der Waals surface area contributed by atoms with Gasteiger partial charge in [0.25, 0.3) is 11.1 Å². The number of imide groups is 1. The average molecular weight is 287 g/mol. The van der Waals surface area contributed by atoms with E-state index in [1.165, 1.54) is 0 Å². The van der Waals surface area contributed by atoms with E-state index in [1.807, 2.05) is 41.8 Å². The first-order valence-corrected chi connectivity index (χ1v) is 7.31. The largest absolute Gasteiger partial charge is 0.290 e. The van der Waals surface area contributed by atoms with Gasteiger partial charge < -0.3 is 0 Å². The summed E-state index contributed by atoms with van der Waals surface area (Å²) in [4.78, 5) is 23.9. The second-order valence-corrected chi connectivity index (χ2v) is 5.91. The van der Waals surface area contributed by atoms with Gasteiger partial charge in [-0.15, -0.1) is 11.3 Å². The first-order chi connectivity index (χ1) is 9.22. The minimum atomic E-state index is -0.315. The fourth-order valence-electron chi connectivity index (χ4n) is 1.76.